The van der Waals surface area contributed by atoms with Crippen molar-refractivity contribution in [3.8, 4) is 0 Å². The molecule has 3 heteroatoms. The summed E-state index contributed by atoms with van der Waals surface area (Å²) in [4.78, 5) is 11.5. The lowest BCUT2D eigenvalue weighted by Crippen LogP contribution is -2.66. The van der Waals surface area contributed by atoms with Crippen molar-refractivity contribution < 1.29 is 15.3 Å². The molecule has 1 saturated carbocycles. The number of ether oxygens (including phenoxy) is 1. The van der Waals surface area contributed by atoms with Crippen molar-refractivity contribution in [3.05, 3.63) is 0 Å². The van der Waals surface area contributed by atoms with E-state index >= 15 is 0 Å². The Balaban J connectivity index is 2.25. The maximum absolute atomic E-state index is 11.5. The highest BCUT2D eigenvalue weighted by Gasteiger charge is 2.25. The van der Waals surface area contributed by atoms with Crippen LogP contribution in [0.25, 0.3) is 0 Å². The van der Waals surface area contributed by atoms with Crippen molar-refractivity contribution in [1.82, 2.24) is 0 Å². The van der Waals surface area contributed by atoms with Crippen molar-refractivity contribution >= 4 is 5.97 Å². The van der Waals surface area contributed by atoms with Gasteiger partial charge in [-0.15, -0.1) is 0 Å². The van der Waals surface area contributed by atoms with Gasteiger partial charge in [0.25, 0.3) is 0 Å². The molecule has 0 aromatic carbocycles. The van der Waals surface area contributed by atoms with E-state index in [1.807, 2.05) is 0 Å². The second kappa shape index (κ2) is 5.35. The van der Waals surface area contributed by atoms with E-state index in [1.54, 1.807) is 0 Å². The van der Waals surface area contributed by atoms with Gasteiger partial charge in [-0.05, 0) is 31.6 Å². The van der Waals surface area contributed by atoms with Crippen LogP contribution in [0.1, 0.15) is 46.0 Å². The topological polar surface area (TPSA) is 53.9 Å². The van der Waals surface area contributed by atoms with Crippen molar-refractivity contribution in [2.45, 2.75) is 58.1 Å². The SMILES string of the molecule is CC(C)C[C@H]([NH3+])C(=O)OC1CCCC1. The normalized spacial score (nSPS) is 20.0. The molecule has 1 aliphatic rings. The molecular weight excluding hydrogens is 178 g/mol. The van der Waals surface area contributed by atoms with Crippen LogP contribution in [0.3, 0.4) is 0 Å². The van der Waals surface area contributed by atoms with Crippen LogP contribution in [0.15, 0.2) is 0 Å². The zero-order chi connectivity index (χ0) is 10.6. The third-order valence-electron chi connectivity index (χ3n) is 2.67. The summed E-state index contributed by atoms with van der Waals surface area (Å²) in [5, 5.41) is 0. The molecule has 1 aliphatic carbocycles. The molecule has 0 bridgehead atoms. The predicted octanol–water partition coefficient (Wildman–Crippen LogP) is 1.13. The van der Waals surface area contributed by atoms with E-state index < -0.39 is 0 Å². The van der Waals surface area contributed by atoms with Gasteiger partial charge in [0.05, 0.1) is 0 Å². The maximum atomic E-state index is 11.5. The summed E-state index contributed by atoms with van der Waals surface area (Å²) in [7, 11) is 0. The number of esters is 1. The van der Waals surface area contributed by atoms with E-state index in [0.29, 0.717) is 5.92 Å². The van der Waals surface area contributed by atoms with Gasteiger partial charge in [0.1, 0.15) is 6.10 Å². The van der Waals surface area contributed by atoms with Crippen LogP contribution in [0.4, 0.5) is 0 Å². The molecule has 3 nitrogen and oxygen atoms in total. The predicted molar refractivity (Wildman–Crippen MR) is 54.5 cm³/mol. The number of hydrogen-bond donors (Lipinski definition) is 1. The summed E-state index contributed by atoms with van der Waals surface area (Å²) < 4.78 is 5.37. The minimum absolute atomic E-state index is 0.106. The lowest BCUT2D eigenvalue weighted by molar-refractivity contribution is -0.411. The number of rotatable bonds is 4. The van der Waals surface area contributed by atoms with Crippen LogP contribution in [-0.2, 0) is 9.53 Å². The minimum atomic E-state index is -0.185. The number of carbonyl (C=O) groups excluding carboxylic acids is 1. The molecule has 0 aliphatic heterocycles. The Morgan fingerprint density at radius 1 is 1.43 bits per heavy atom. The van der Waals surface area contributed by atoms with Gasteiger partial charge in [-0.1, -0.05) is 13.8 Å². The highest BCUT2D eigenvalue weighted by atomic mass is 16.5. The van der Waals surface area contributed by atoms with Crippen molar-refractivity contribution in [1.29, 1.82) is 0 Å². The molecule has 1 rings (SSSR count). The zero-order valence-corrected chi connectivity index (χ0v) is 9.29. The lowest BCUT2D eigenvalue weighted by atomic mass is 10.0. The fourth-order valence-electron chi connectivity index (χ4n) is 1.93. The van der Waals surface area contributed by atoms with Crippen LogP contribution in [0.5, 0.6) is 0 Å². The summed E-state index contributed by atoms with van der Waals surface area (Å²) in [6.45, 7) is 4.20. The van der Waals surface area contributed by atoms with Gasteiger partial charge >= 0.3 is 5.97 Å². The molecule has 0 saturated heterocycles. The first-order valence-corrected chi connectivity index (χ1v) is 5.63. The van der Waals surface area contributed by atoms with Gasteiger partial charge < -0.3 is 10.5 Å². The second-order valence-electron chi connectivity index (χ2n) is 4.67. The summed E-state index contributed by atoms with van der Waals surface area (Å²) in [6, 6.07) is -0.185. The first kappa shape index (κ1) is 11.5. The van der Waals surface area contributed by atoms with Gasteiger partial charge in [-0.3, -0.25) is 0 Å². The van der Waals surface area contributed by atoms with Gasteiger partial charge in [0.15, 0.2) is 6.04 Å². The standard InChI is InChI=1S/C11H21NO2/c1-8(2)7-10(12)11(13)14-9-5-3-4-6-9/h8-10H,3-7,12H2,1-2H3/p+1/t10-/m0/s1. The molecule has 0 radical (unpaired) electrons. The molecule has 82 valence electrons. The van der Waals surface area contributed by atoms with Gasteiger partial charge in [0.2, 0.25) is 0 Å². The average Bonchev–Trinajstić information content (AvgIpc) is 2.55. The lowest BCUT2D eigenvalue weighted by Gasteiger charge is -2.14. The molecule has 0 spiro atoms. The van der Waals surface area contributed by atoms with Crippen LogP contribution < -0.4 is 5.73 Å². The summed E-state index contributed by atoms with van der Waals surface area (Å²) in [6.07, 6.45) is 5.48. The van der Waals surface area contributed by atoms with E-state index in [4.69, 9.17) is 4.74 Å². The molecule has 1 fully saturated rings. The Kier molecular flexibility index (Phi) is 4.39. The van der Waals surface area contributed by atoms with Crippen molar-refractivity contribution in [2.24, 2.45) is 5.92 Å². The Morgan fingerprint density at radius 2 is 2.00 bits per heavy atom. The van der Waals surface area contributed by atoms with Gasteiger partial charge in [0, 0.05) is 6.42 Å². The Bertz CT molecular complexity index is 186. The van der Waals surface area contributed by atoms with E-state index in [1.165, 1.54) is 12.8 Å². The van der Waals surface area contributed by atoms with Crippen LogP contribution in [0, 0.1) is 5.92 Å². The van der Waals surface area contributed by atoms with Crippen LogP contribution in [0.2, 0.25) is 0 Å². The largest absolute Gasteiger partial charge is 0.458 e. The monoisotopic (exact) mass is 200 g/mol. The Hall–Kier alpha value is -0.570. The van der Waals surface area contributed by atoms with E-state index in [2.05, 4.69) is 19.6 Å². The number of quaternary nitrogens is 1. The third-order valence-corrected chi connectivity index (χ3v) is 2.67. The van der Waals surface area contributed by atoms with Crippen LogP contribution >= 0.6 is 0 Å². The van der Waals surface area contributed by atoms with E-state index in [9.17, 15) is 4.79 Å². The summed E-state index contributed by atoms with van der Waals surface area (Å²) in [5.41, 5.74) is 3.85. The molecule has 3 N–H and O–H groups in total. The molecule has 0 aromatic rings. The molecule has 1 atom stereocenters. The molecule has 14 heavy (non-hydrogen) atoms. The maximum Gasteiger partial charge on any atom is 0.365 e. The first-order chi connectivity index (χ1) is 6.59. The van der Waals surface area contributed by atoms with Gasteiger partial charge in [-0.25, -0.2) is 4.79 Å². The smallest absolute Gasteiger partial charge is 0.365 e. The van der Waals surface area contributed by atoms with Crippen molar-refractivity contribution in [3.63, 3.8) is 0 Å². The third kappa shape index (κ3) is 3.66. The quantitative estimate of drug-likeness (QED) is 0.692. The van der Waals surface area contributed by atoms with Crippen molar-refractivity contribution in [2.75, 3.05) is 0 Å². The number of hydrogen-bond acceptors (Lipinski definition) is 2. The Morgan fingerprint density at radius 3 is 2.50 bits per heavy atom. The van der Waals surface area contributed by atoms with Crippen LogP contribution in [-0.4, -0.2) is 18.1 Å². The van der Waals surface area contributed by atoms with E-state index in [-0.39, 0.29) is 18.1 Å². The fourth-order valence-corrected chi connectivity index (χ4v) is 1.93. The summed E-state index contributed by atoms with van der Waals surface area (Å²) in [5.74, 6) is 0.402. The first-order valence-electron chi connectivity index (χ1n) is 5.63. The highest BCUT2D eigenvalue weighted by molar-refractivity contribution is 5.74. The Labute approximate surface area is 86.0 Å². The minimum Gasteiger partial charge on any atom is -0.458 e. The second-order valence-corrected chi connectivity index (χ2v) is 4.67. The molecule has 0 amide bonds. The molecule has 0 heterocycles. The zero-order valence-electron chi connectivity index (χ0n) is 9.29. The molecular formula is C11H22NO2+. The summed E-state index contributed by atoms with van der Waals surface area (Å²) >= 11 is 0. The fraction of sp³-hybridized carbons (Fsp3) is 0.909. The molecule has 0 aromatic heterocycles. The highest BCUT2D eigenvalue weighted by Crippen LogP contribution is 2.21. The molecule has 0 unspecified atom stereocenters. The average molecular weight is 200 g/mol. The number of carbonyl (C=O) groups is 1. The van der Waals surface area contributed by atoms with E-state index in [0.717, 1.165) is 19.3 Å². The van der Waals surface area contributed by atoms with Gasteiger partial charge in [-0.2, -0.15) is 0 Å².